The highest BCUT2D eigenvalue weighted by atomic mass is 35.5. The van der Waals surface area contributed by atoms with Gasteiger partial charge in [-0.1, -0.05) is 48.9 Å². The SMILES string of the molecule is CC1CN(c2ccc(Oc3ccccc3)cc2)C2NC3C(C(=O)N(Cc4cccc(Cl)c4)C(=O)N3C)N2C1. The Morgan fingerprint density at radius 3 is 2.42 bits per heavy atom. The van der Waals surface area contributed by atoms with Crippen molar-refractivity contribution in [3.63, 3.8) is 0 Å². The molecule has 4 unspecified atom stereocenters. The summed E-state index contributed by atoms with van der Waals surface area (Å²) in [5.74, 6) is 1.68. The van der Waals surface area contributed by atoms with Crippen molar-refractivity contribution in [2.45, 2.75) is 32.0 Å². The molecule has 196 valence electrons. The Hall–Kier alpha value is -3.59. The lowest BCUT2D eigenvalue weighted by Gasteiger charge is -2.46. The zero-order valence-corrected chi connectivity index (χ0v) is 22.1. The fraction of sp³-hybridized carbons (Fsp3) is 0.310. The van der Waals surface area contributed by atoms with Crippen LogP contribution < -0.4 is 15.0 Å². The van der Waals surface area contributed by atoms with Crippen LogP contribution in [0.15, 0.2) is 78.9 Å². The first-order valence-electron chi connectivity index (χ1n) is 12.8. The molecule has 4 atom stereocenters. The minimum Gasteiger partial charge on any atom is -0.457 e. The van der Waals surface area contributed by atoms with Crippen LogP contribution in [0.1, 0.15) is 12.5 Å². The number of hydrogen-bond donors (Lipinski definition) is 1. The molecule has 9 heteroatoms. The molecule has 3 aliphatic rings. The lowest BCUT2D eigenvalue weighted by Crippen LogP contribution is -2.66. The van der Waals surface area contributed by atoms with E-state index in [0.717, 1.165) is 35.8 Å². The summed E-state index contributed by atoms with van der Waals surface area (Å²) in [7, 11) is 1.76. The fourth-order valence-corrected chi connectivity index (χ4v) is 5.93. The van der Waals surface area contributed by atoms with Gasteiger partial charge < -0.3 is 14.5 Å². The number of fused-ring (bicyclic) bond motifs is 3. The lowest BCUT2D eigenvalue weighted by molar-refractivity contribution is -0.139. The van der Waals surface area contributed by atoms with Crippen LogP contribution in [0.5, 0.6) is 11.5 Å². The highest BCUT2D eigenvalue weighted by Crippen LogP contribution is 2.35. The van der Waals surface area contributed by atoms with Crippen molar-refractivity contribution in [3.8, 4) is 11.5 Å². The molecule has 38 heavy (non-hydrogen) atoms. The molecule has 0 spiro atoms. The van der Waals surface area contributed by atoms with E-state index in [1.807, 2.05) is 66.7 Å². The van der Waals surface area contributed by atoms with Crippen molar-refractivity contribution in [1.82, 2.24) is 20.0 Å². The number of ether oxygens (including phenoxy) is 1. The number of carbonyl (C=O) groups excluding carboxylic acids is 2. The third-order valence-electron chi connectivity index (χ3n) is 7.46. The number of benzene rings is 3. The van der Waals surface area contributed by atoms with E-state index >= 15 is 0 Å². The van der Waals surface area contributed by atoms with E-state index in [4.69, 9.17) is 16.3 Å². The van der Waals surface area contributed by atoms with Crippen LogP contribution in [0, 0.1) is 5.92 Å². The van der Waals surface area contributed by atoms with Gasteiger partial charge in [0.1, 0.15) is 30.0 Å². The Labute approximate surface area is 227 Å². The molecule has 0 bridgehead atoms. The second-order valence-electron chi connectivity index (χ2n) is 10.2. The van der Waals surface area contributed by atoms with Crippen LogP contribution in [0.2, 0.25) is 5.02 Å². The molecular formula is C29H30ClN5O3. The van der Waals surface area contributed by atoms with E-state index in [1.54, 1.807) is 24.1 Å². The monoisotopic (exact) mass is 531 g/mol. The smallest absolute Gasteiger partial charge is 0.328 e. The summed E-state index contributed by atoms with van der Waals surface area (Å²) < 4.78 is 5.97. The van der Waals surface area contributed by atoms with Crippen molar-refractivity contribution in [1.29, 1.82) is 0 Å². The number of para-hydroxylation sites is 1. The van der Waals surface area contributed by atoms with E-state index in [1.165, 1.54) is 4.90 Å². The van der Waals surface area contributed by atoms with Crippen molar-refractivity contribution in [2.24, 2.45) is 5.92 Å². The molecule has 3 aromatic rings. The predicted octanol–water partition coefficient (Wildman–Crippen LogP) is 4.57. The number of imide groups is 1. The molecule has 3 saturated heterocycles. The van der Waals surface area contributed by atoms with Gasteiger partial charge in [-0.2, -0.15) is 0 Å². The second-order valence-corrected chi connectivity index (χ2v) is 10.7. The second kappa shape index (κ2) is 9.94. The van der Waals surface area contributed by atoms with Crippen LogP contribution in [0.4, 0.5) is 10.5 Å². The molecule has 8 nitrogen and oxygen atoms in total. The van der Waals surface area contributed by atoms with Gasteiger partial charge in [0.15, 0.2) is 0 Å². The zero-order chi connectivity index (χ0) is 26.4. The van der Waals surface area contributed by atoms with Crippen molar-refractivity contribution in [3.05, 3.63) is 89.4 Å². The van der Waals surface area contributed by atoms with E-state index in [0.29, 0.717) is 10.9 Å². The van der Waals surface area contributed by atoms with Crippen molar-refractivity contribution < 1.29 is 14.3 Å². The molecule has 3 fully saturated rings. The Balaban J connectivity index is 1.24. The minimum absolute atomic E-state index is 0.186. The number of amides is 3. The molecule has 3 aromatic carbocycles. The number of rotatable bonds is 5. The number of carbonyl (C=O) groups is 2. The van der Waals surface area contributed by atoms with Gasteiger partial charge in [0.05, 0.1) is 6.54 Å². The summed E-state index contributed by atoms with van der Waals surface area (Å²) in [5.41, 5.74) is 1.84. The van der Waals surface area contributed by atoms with E-state index in [9.17, 15) is 9.59 Å². The standard InChI is InChI=1S/C29H30ClN5O3/c1-19-16-33(22-11-13-24(14-12-22)38-23-9-4-3-5-10-23)28-31-26-25(34(28)17-19)27(36)35(29(37)32(26)2)18-20-7-6-8-21(30)15-20/h3-15,19,25-26,28,31H,16-18H2,1-2H3. The van der Waals surface area contributed by atoms with Crippen LogP contribution in [-0.2, 0) is 11.3 Å². The molecule has 0 aromatic heterocycles. The summed E-state index contributed by atoms with van der Waals surface area (Å²) in [6, 6.07) is 24.2. The fourth-order valence-electron chi connectivity index (χ4n) is 5.71. The molecule has 3 amide bonds. The maximum absolute atomic E-state index is 13.8. The van der Waals surface area contributed by atoms with Gasteiger partial charge >= 0.3 is 6.03 Å². The van der Waals surface area contributed by atoms with Crippen LogP contribution in [-0.4, -0.2) is 65.3 Å². The van der Waals surface area contributed by atoms with E-state index in [2.05, 4.69) is 22.0 Å². The number of halogens is 1. The van der Waals surface area contributed by atoms with Gasteiger partial charge in [0.25, 0.3) is 5.91 Å². The topological polar surface area (TPSA) is 68.4 Å². The van der Waals surface area contributed by atoms with Crippen LogP contribution in [0.25, 0.3) is 0 Å². The molecule has 6 rings (SSSR count). The molecule has 3 heterocycles. The highest BCUT2D eigenvalue weighted by Gasteiger charge is 2.56. The van der Waals surface area contributed by atoms with E-state index < -0.39 is 12.2 Å². The molecule has 1 N–H and O–H groups in total. The summed E-state index contributed by atoms with van der Waals surface area (Å²) in [5, 5.41) is 4.16. The van der Waals surface area contributed by atoms with Gasteiger partial charge in [0, 0.05) is 30.8 Å². The van der Waals surface area contributed by atoms with Gasteiger partial charge in [-0.15, -0.1) is 0 Å². The summed E-state index contributed by atoms with van der Waals surface area (Å²) in [6.45, 7) is 3.95. The first-order valence-corrected chi connectivity index (χ1v) is 13.2. The molecule has 0 radical (unpaired) electrons. The first kappa shape index (κ1) is 24.7. The average Bonchev–Trinajstić information content (AvgIpc) is 3.30. The van der Waals surface area contributed by atoms with Crippen molar-refractivity contribution >= 4 is 29.2 Å². The normalized spacial score (nSPS) is 25.4. The Kier molecular flexibility index (Phi) is 6.47. The molecule has 3 aliphatic heterocycles. The minimum atomic E-state index is -0.479. The maximum atomic E-state index is 13.8. The molecule has 0 aliphatic carbocycles. The molecular weight excluding hydrogens is 502 g/mol. The molecule has 0 saturated carbocycles. The highest BCUT2D eigenvalue weighted by molar-refractivity contribution is 6.30. The maximum Gasteiger partial charge on any atom is 0.328 e. The quantitative estimate of drug-likeness (QED) is 0.520. The largest absolute Gasteiger partial charge is 0.457 e. The number of hydrogen-bond acceptors (Lipinski definition) is 6. The van der Waals surface area contributed by atoms with Gasteiger partial charge in [0.2, 0.25) is 0 Å². The summed E-state index contributed by atoms with van der Waals surface area (Å²) >= 11 is 6.15. The Bertz CT molecular complexity index is 1340. The van der Waals surface area contributed by atoms with Gasteiger partial charge in [-0.05, 0) is 60.0 Å². The Morgan fingerprint density at radius 1 is 0.947 bits per heavy atom. The number of likely N-dealkylation sites (N-methyl/N-ethyl adjacent to an activating group) is 1. The zero-order valence-electron chi connectivity index (χ0n) is 21.3. The summed E-state index contributed by atoms with van der Waals surface area (Å²) in [4.78, 5) is 34.6. The summed E-state index contributed by atoms with van der Waals surface area (Å²) in [6.07, 6.45) is -0.628. The van der Waals surface area contributed by atoms with Crippen LogP contribution >= 0.6 is 11.6 Å². The number of nitrogens with zero attached hydrogens (tertiary/aromatic N) is 4. The van der Waals surface area contributed by atoms with Crippen LogP contribution in [0.3, 0.4) is 0 Å². The van der Waals surface area contributed by atoms with Crippen molar-refractivity contribution in [2.75, 3.05) is 25.0 Å². The van der Waals surface area contributed by atoms with Gasteiger partial charge in [-0.25, -0.2) is 4.79 Å². The first-order chi connectivity index (χ1) is 18.4. The number of nitrogens with one attached hydrogen (secondary N) is 1. The third-order valence-corrected chi connectivity index (χ3v) is 7.70. The number of anilines is 1. The predicted molar refractivity (Wildman–Crippen MR) is 146 cm³/mol. The van der Waals surface area contributed by atoms with E-state index in [-0.39, 0.29) is 24.8 Å². The Morgan fingerprint density at radius 2 is 1.68 bits per heavy atom. The average molecular weight is 532 g/mol. The van der Waals surface area contributed by atoms with Gasteiger partial charge in [-0.3, -0.25) is 19.9 Å². The third kappa shape index (κ3) is 4.49. The number of urea groups is 1. The lowest BCUT2D eigenvalue weighted by atomic mass is 10.0.